The minimum absolute atomic E-state index is 0.0608. The van der Waals surface area contributed by atoms with Gasteiger partial charge in [0.1, 0.15) is 0 Å². The molecule has 0 bridgehead atoms. The molecule has 2 nitrogen and oxygen atoms in total. The lowest BCUT2D eigenvalue weighted by molar-refractivity contribution is -0.105. The molecule has 0 spiro atoms. The van der Waals surface area contributed by atoms with Crippen LogP contribution in [0.5, 0.6) is 0 Å². The summed E-state index contributed by atoms with van der Waals surface area (Å²) < 4.78 is 5.84. The van der Waals surface area contributed by atoms with Crippen LogP contribution in [0.4, 0.5) is 0 Å². The van der Waals surface area contributed by atoms with Crippen LogP contribution in [-0.4, -0.2) is 31.5 Å². The van der Waals surface area contributed by atoms with Crippen LogP contribution in [0.1, 0.15) is 45.4 Å². The minimum Gasteiger partial charge on any atom is -0.387 e. The van der Waals surface area contributed by atoms with Gasteiger partial charge in [0.2, 0.25) is 0 Å². The summed E-state index contributed by atoms with van der Waals surface area (Å²) in [6.45, 7) is 9.91. The molecule has 0 aliphatic heterocycles. The number of rotatable bonds is 3. The molecule has 0 radical (unpaired) electrons. The molecule has 0 aromatic carbocycles. The van der Waals surface area contributed by atoms with Crippen LogP contribution in [0.15, 0.2) is 11.3 Å². The smallest absolute Gasteiger partial charge is 0.0972 e. The fourth-order valence-electron chi connectivity index (χ4n) is 3.95. The summed E-state index contributed by atoms with van der Waals surface area (Å²) in [5, 5.41) is 11.2. The Morgan fingerprint density at radius 1 is 1.32 bits per heavy atom. The fourth-order valence-corrected chi connectivity index (χ4v) is 5.41. The van der Waals surface area contributed by atoms with E-state index >= 15 is 0 Å². The molecular weight excluding hydrogens is 252 g/mol. The van der Waals surface area contributed by atoms with Crippen molar-refractivity contribution in [2.45, 2.75) is 76.8 Å². The first kappa shape index (κ1) is 15.3. The van der Waals surface area contributed by atoms with E-state index in [1.807, 2.05) is 6.92 Å². The van der Waals surface area contributed by atoms with Crippen molar-refractivity contribution in [1.82, 2.24) is 0 Å². The lowest BCUT2D eigenvalue weighted by Crippen LogP contribution is -2.44. The number of fused-ring (bicyclic) bond motifs is 1. The molecule has 2 fully saturated rings. The van der Waals surface area contributed by atoms with Crippen molar-refractivity contribution in [1.29, 1.82) is 0 Å². The predicted molar refractivity (Wildman–Crippen MR) is 83.0 cm³/mol. The Morgan fingerprint density at radius 2 is 2.05 bits per heavy atom. The van der Waals surface area contributed by atoms with Crippen LogP contribution < -0.4 is 0 Å². The third-order valence-corrected chi connectivity index (χ3v) is 5.84. The molecular formula is C16H30O2Si. The van der Waals surface area contributed by atoms with Gasteiger partial charge in [-0.15, -0.1) is 0 Å². The molecule has 1 N–H and O–H groups in total. The van der Waals surface area contributed by atoms with E-state index in [0.29, 0.717) is 12.5 Å². The Hall–Kier alpha value is -0.123. The monoisotopic (exact) mass is 282 g/mol. The second-order valence-electron chi connectivity index (χ2n) is 7.36. The van der Waals surface area contributed by atoms with Gasteiger partial charge in [-0.25, -0.2) is 0 Å². The molecule has 2 aliphatic carbocycles. The van der Waals surface area contributed by atoms with Gasteiger partial charge in [0, 0.05) is 12.5 Å². The highest BCUT2D eigenvalue weighted by molar-refractivity contribution is 6.81. The molecule has 3 atom stereocenters. The number of hydrogen-bond acceptors (Lipinski definition) is 2. The molecule has 2 aliphatic rings. The van der Waals surface area contributed by atoms with E-state index in [1.54, 1.807) is 5.57 Å². The van der Waals surface area contributed by atoms with E-state index in [0.717, 1.165) is 25.7 Å². The fraction of sp³-hybridized carbons (Fsp3) is 0.875. The van der Waals surface area contributed by atoms with E-state index in [1.165, 1.54) is 12.8 Å². The predicted octanol–water partition coefficient (Wildman–Crippen LogP) is 3.91. The van der Waals surface area contributed by atoms with Crippen molar-refractivity contribution in [2.75, 3.05) is 6.61 Å². The molecule has 110 valence electrons. The summed E-state index contributed by atoms with van der Waals surface area (Å²) in [5.74, 6) is 0.360. The highest BCUT2D eigenvalue weighted by atomic mass is 28.3. The van der Waals surface area contributed by atoms with Crippen LogP contribution in [0.25, 0.3) is 0 Å². The van der Waals surface area contributed by atoms with Crippen molar-refractivity contribution in [3.63, 3.8) is 0 Å². The first-order valence-electron chi connectivity index (χ1n) is 7.92. The van der Waals surface area contributed by atoms with Crippen molar-refractivity contribution in [2.24, 2.45) is 5.92 Å². The zero-order chi connectivity index (χ0) is 14.1. The van der Waals surface area contributed by atoms with Gasteiger partial charge in [-0.05, 0) is 39.0 Å². The van der Waals surface area contributed by atoms with E-state index in [9.17, 15) is 5.11 Å². The van der Waals surface area contributed by atoms with Crippen molar-refractivity contribution >= 4 is 8.07 Å². The molecule has 0 aromatic heterocycles. The van der Waals surface area contributed by atoms with Crippen LogP contribution in [-0.2, 0) is 4.74 Å². The molecule has 19 heavy (non-hydrogen) atoms. The molecule has 0 heterocycles. The Kier molecular flexibility index (Phi) is 4.58. The van der Waals surface area contributed by atoms with Gasteiger partial charge in [0.25, 0.3) is 0 Å². The van der Waals surface area contributed by atoms with Crippen molar-refractivity contribution in [3.05, 3.63) is 11.3 Å². The largest absolute Gasteiger partial charge is 0.387 e. The Balaban J connectivity index is 2.28. The average molecular weight is 282 g/mol. The summed E-state index contributed by atoms with van der Waals surface area (Å²) in [4.78, 5) is 0. The highest BCUT2D eigenvalue weighted by Crippen LogP contribution is 2.48. The first-order valence-corrected chi connectivity index (χ1v) is 11.5. The van der Waals surface area contributed by atoms with Crippen LogP contribution in [0, 0.1) is 5.92 Å². The molecule has 2 saturated carbocycles. The third-order valence-electron chi connectivity index (χ3n) is 4.61. The number of ether oxygens (including phenoxy) is 1. The normalized spacial score (nSPS) is 38.3. The SMILES string of the molecule is CCO[C@@H]1CC[C@H]2/C(=C/[Si](C)(C)C)CCCC[C@]12O. The van der Waals surface area contributed by atoms with E-state index < -0.39 is 13.7 Å². The average Bonchev–Trinajstić information content (AvgIpc) is 2.52. The first-order chi connectivity index (χ1) is 8.87. The van der Waals surface area contributed by atoms with Gasteiger partial charge in [-0.2, -0.15) is 0 Å². The quantitative estimate of drug-likeness (QED) is 0.795. The Labute approximate surface area is 119 Å². The molecule has 0 aromatic rings. The summed E-state index contributed by atoms with van der Waals surface area (Å²) in [5.41, 5.74) is 3.50. The Morgan fingerprint density at radius 3 is 2.68 bits per heavy atom. The van der Waals surface area contributed by atoms with Crippen molar-refractivity contribution in [3.8, 4) is 0 Å². The molecule has 0 saturated heterocycles. The van der Waals surface area contributed by atoms with Gasteiger partial charge in [-0.3, -0.25) is 0 Å². The number of aliphatic hydroxyl groups is 1. The van der Waals surface area contributed by atoms with Gasteiger partial charge < -0.3 is 9.84 Å². The van der Waals surface area contributed by atoms with E-state index in [-0.39, 0.29) is 6.10 Å². The van der Waals surface area contributed by atoms with Gasteiger partial charge in [0.15, 0.2) is 0 Å². The summed E-state index contributed by atoms with van der Waals surface area (Å²) in [7, 11) is -1.21. The maximum Gasteiger partial charge on any atom is 0.0972 e. The summed E-state index contributed by atoms with van der Waals surface area (Å²) in [6.07, 6.45) is 6.68. The maximum atomic E-state index is 11.2. The highest BCUT2D eigenvalue weighted by Gasteiger charge is 2.51. The second-order valence-corrected chi connectivity index (χ2v) is 12.4. The number of hydrogen-bond donors (Lipinski definition) is 1. The van der Waals surface area contributed by atoms with Crippen LogP contribution >= 0.6 is 0 Å². The van der Waals surface area contributed by atoms with E-state index in [4.69, 9.17) is 4.74 Å². The van der Waals surface area contributed by atoms with Crippen LogP contribution in [0.3, 0.4) is 0 Å². The lowest BCUT2D eigenvalue weighted by atomic mass is 9.83. The van der Waals surface area contributed by atoms with Gasteiger partial charge in [-0.1, -0.05) is 37.3 Å². The topological polar surface area (TPSA) is 29.5 Å². The van der Waals surface area contributed by atoms with E-state index in [2.05, 4.69) is 25.3 Å². The minimum atomic E-state index is -1.21. The van der Waals surface area contributed by atoms with Crippen LogP contribution in [0.2, 0.25) is 19.6 Å². The Bertz CT molecular complexity index is 345. The molecule has 2 rings (SSSR count). The maximum absolute atomic E-state index is 11.2. The lowest BCUT2D eigenvalue weighted by Gasteiger charge is -2.35. The summed E-state index contributed by atoms with van der Waals surface area (Å²) >= 11 is 0. The second kappa shape index (κ2) is 5.70. The summed E-state index contributed by atoms with van der Waals surface area (Å²) in [6, 6.07) is 0. The zero-order valence-electron chi connectivity index (χ0n) is 13.0. The zero-order valence-corrected chi connectivity index (χ0v) is 14.0. The molecule has 3 heteroatoms. The van der Waals surface area contributed by atoms with Crippen molar-refractivity contribution < 1.29 is 9.84 Å². The molecule has 0 amide bonds. The third kappa shape index (κ3) is 3.31. The molecule has 0 unspecified atom stereocenters. The standard InChI is InChI=1S/C16H30O2Si/c1-5-18-15-10-9-14-13(12-19(2,3)4)8-6-7-11-16(14,15)17/h12,14-15,17H,5-11H2,1-4H3/b13-12+/t14-,15+,16+/m0/s1. The van der Waals surface area contributed by atoms with Gasteiger partial charge in [0.05, 0.1) is 19.8 Å². The van der Waals surface area contributed by atoms with Gasteiger partial charge >= 0.3 is 0 Å².